The fourth-order valence-corrected chi connectivity index (χ4v) is 0.391. The van der Waals surface area contributed by atoms with Gasteiger partial charge in [-0.15, -0.1) is 0 Å². The number of hydrogen-bond acceptors (Lipinski definition) is 3. The maximum atomic E-state index is 4.79. The molecule has 1 N–H and O–H groups in total. The van der Waals surface area contributed by atoms with Crippen molar-refractivity contribution in [1.29, 1.82) is 0 Å². The highest BCUT2D eigenvalue weighted by Crippen LogP contribution is 1.94. The van der Waals surface area contributed by atoms with Crippen LogP contribution in [0.25, 0.3) is 0 Å². The zero-order valence-electron chi connectivity index (χ0n) is 4.05. The number of rotatable bonds is 1. The first kappa shape index (κ1) is 4.46. The topological polar surface area (TPSA) is 30.5 Å². The van der Waals surface area contributed by atoms with Gasteiger partial charge in [0, 0.05) is 13.3 Å². The first-order valence-electron chi connectivity index (χ1n) is 2.03. The molecule has 1 heterocycles. The third-order valence-electron chi connectivity index (χ3n) is 0.717. The second-order valence-electron chi connectivity index (χ2n) is 1.17. The Bertz CT molecular complexity index is 73.8. The van der Waals surface area contributed by atoms with E-state index in [4.69, 9.17) is 9.47 Å². The molecule has 0 aromatic rings. The first-order valence-corrected chi connectivity index (χ1v) is 2.03. The third-order valence-corrected chi connectivity index (χ3v) is 0.717. The lowest BCUT2D eigenvalue weighted by molar-refractivity contribution is -0.0811. The maximum absolute atomic E-state index is 4.79. The fourth-order valence-electron chi connectivity index (χ4n) is 0.391. The molecule has 0 spiro atoms. The average Bonchev–Trinajstić information content (AvgIpc) is 2.14. The Hall–Kier alpha value is -0.700. The average molecular weight is 101 g/mol. The minimum absolute atomic E-state index is 0.264. The minimum Gasteiger partial charge on any atom is -0.453 e. The van der Waals surface area contributed by atoms with Gasteiger partial charge in [0.15, 0.2) is 0 Å². The minimum atomic E-state index is -0.264. The van der Waals surface area contributed by atoms with Crippen LogP contribution in [0, 0.1) is 0 Å². The molecule has 0 saturated heterocycles. The smallest absolute Gasteiger partial charge is 0.280 e. The van der Waals surface area contributed by atoms with E-state index in [2.05, 4.69) is 5.32 Å². The highest BCUT2D eigenvalue weighted by Gasteiger charge is 2.04. The van der Waals surface area contributed by atoms with E-state index < -0.39 is 0 Å². The second kappa shape index (κ2) is 1.84. The van der Waals surface area contributed by atoms with Crippen molar-refractivity contribution in [3.63, 3.8) is 0 Å². The normalized spacial score (nSPS) is 26.7. The van der Waals surface area contributed by atoms with E-state index in [9.17, 15) is 0 Å². The Morgan fingerprint density at radius 3 is 3.00 bits per heavy atom. The Kier molecular flexibility index (Phi) is 1.17. The summed E-state index contributed by atoms with van der Waals surface area (Å²) in [6.45, 7) is 0. The summed E-state index contributed by atoms with van der Waals surface area (Å²) in [5.74, 6) is 0. The van der Waals surface area contributed by atoms with Gasteiger partial charge in [0.25, 0.3) is 6.41 Å². The van der Waals surface area contributed by atoms with E-state index in [1.165, 1.54) is 0 Å². The predicted octanol–water partition coefficient (Wildman–Crippen LogP) is 0.00740. The second-order valence-corrected chi connectivity index (χ2v) is 1.17. The van der Waals surface area contributed by atoms with Crippen molar-refractivity contribution in [3.05, 3.63) is 12.5 Å². The molecule has 3 heteroatoms. The summed E-state index contributed by atoms with van der Waals surface area (Å²) in [5, 5.41) is 2.78. The molecular formula is C4H7NO2. The molecule has 3 nitrogen and oxygen atoms in total. The van der Waals surface area contributed by atoms with Crippen LogP contribution in [0.2, 0.25) is 0 Å². The summed E-state index contributed by atoms with van der Waals surface area (Å²) >= 11 is 0. The highest BCUT2D eigenvalue weighted by molar-refractivity contribution is 4.76. The summed E-state index contributed by atoms with van der Waals surface area (Å²) in [5.41, 5.74) is 0. The van der Waals surface area contributed by atoms with Crippen molar-refractivity contribution in [2.24, 2.45) is 0 Å². The van der Waals surface area contributed by atoms with E-state index in [0.29, 0.717) is 0 Å². The van der Waals surface area contributed by atoms with Crippen LogP contribution in [-0.4, -0.2) is 13.5 Å². The zero-order chi connectivity index (χ0) is 5.11. The molecule has 0 aliphatic carbocycles. The van der Waals surface area contributed by atoms with Gasteiger partial charge < -0.3 is 14.8 Å². The van der Waals surface area contributed by atoms with Crippen LogP contribution >= 0.6 is 0 Å². The molecule has 0 amide bonds. The van der Waals surface area contributed by atoms with E-state index in [-0.39, 0.29) is 6.41 Å². The van der Waals surface area contributed by atoms with Gasteiger partial charge in [-0.1, -0.05) is 0 Å². The number of nitrogens with one attached hydrogen (secondary N) is 1. The molecule has 0 saturated carbocycles. The standard InChI is InChI=1S/C4H7NO2/c1-6-4-5-2-3-7-4/h2-5H,1H3. The summed E-state index contributed by atoms with van der Waals surface area (Å²) in [6.07, 6.45) is 2.97. The molecule has 0 fully saturated rings. The third kappa shape index (κ3) is 0.838. The van der Waals surface area contributed by atoms with Crippen molar-refractivity contribution >= 4 is 0 Å². The molecule has 40 valence electrons. The van der Waals surface area contributed by atoms with E-state index >= 15 is 0 Å². The summed E-state index contributed by atoms with van der Waals surface area (Å²) in [6, 6.07) is 0. The molecule has 1 aliphatic rings. The van der Waals surface area contributed by atoms with Crippen LogP contribution in [0.1, 0.15) is 0 Å². The molecule has 1 atom stereocenters. The van der Waals surface area contributed by atoms with Gasteiger partial charge in [-0.25, -0.2) is 0 Å². The first-order chi connectivity index (χ1) is 3.43. The summed E-state index contributed by atoms with van der Waals surface area (Å²) < 4.78 is 9.50. The quantitative estimate of drug-likeness (QED) is 0.504. The zero-order valence-corrected chi connectivity index (χ0v) is 4.05. The fraction of sp³-hybridized carbons (Fsp3) is 0.500. The summed E-state index contributed by atoms with van der Waals surface area (Å²) in [4.78, 5) is 0. The Balaban J connectivity index is 2.22. The SMILES string of the molecule is COC1NC=CO1. The molecule has 0 bridgehead atoms. The Morgan fingerprint density at radius 1 is 1.86 bits per heavy atom. The maximum Gasteiger partial charge on any atom is 0.280 e. The van der Waals surface area contributed by atoms with E-state index in [1.54, 1.807) is 19.6 Å². The van der Waals surface area contributed by atoms with Gasteiger partial charge >= 0.3 is 0 Å². The molecule has 1 aliphatic heterocycles. The Morgan fingerprint density at radius 2 is 2.71 bits per heavy atom. The van der Waals surface area contributed by atoms with Crippen molar-refractivity contribution in [2.75, 3.05) is 7.11 Å². The lowest BCUT2D eigenvalue weighted by Gasteiger charge is -2.05. The van der Waals surface area contributed by atoms with Gasteiger partial charge in [-0.3, -0.25) is 0 Å². The molecule has 0 aromatic heterocycles. The number of hydrogen-bond donors (Lipinski definition) is 1. The largest absolute Gasteiger partial charge is 0.453 e. The molecule has 1 rings (SSSR count). The van der Waals surface area contributed by atoms with Crippen LogP contribution in [0.15, 0.2) is 12.5 Å². The molecule has 0 radical (unpaired) electrons. The summed E-state index contributed by atoms with van der Waals surface area (Å²) in [7, 11) is 1.57. The molecular weight excluding hydrogens is 94.0 g/mol. The number of methoxy groups -OCH3 is 1. The van der Waals surface area contributed by atoms with E-state index in [1.807, 2.05) is 0 Å². The van der Waals surface area contributed by atoms with E-state index in [0.717, 1.165) is 0 Å². The lowest BCUT2D eigenvalue weighted by atomic mass is 11.0. The lowest BCUT2D eigenvalue weighted by Crippen LogP contribution is -2.22. The van der Waals surface area contributed by atoms with Crippen molar-refractivity contribution in [3.8, 4) is 0 Å². The van der Waals surface area contributed by atoms with Gasteiger partial charge in [0.05, 0.1) is 0 Å². The van der Waals surface area contributed by atoms with Crippen LogP contribution < -0.4 is 5.32 Å². The van der Waals surface area contributed by atoms with Crippen molar-refractivity contribution in [2.45, 2.75) is 6.41 Å². The monoisotopic (exact) mass is 101 g/mol. The van der Waals surface area contributed by atoms with Gasteiger partial charge in [-0.2, -0.15) is 0 Å². The van der Waals surface area contributed by atoms with Crippen molar-refractivity contribution < 1.29 is 9.47 Å². The van der Waals surface area contributed by atoms with Crippen LogP contribution in [-0.2, 0) is 9.47 Å². The molecule has 0 aromatic carbocycles. The molecule has 1 unspecified atom stereocenters. The Labute approximate surface area is 41.9 Å². The van der Waals surface area contributed by atoms with Gasteiger partial charge in [0.1, 0.15) is 6.26 Å². The molecule has 7 heavy (non-hydrogen) atoms. The van der Waals surface area contributed by atoms with Crippen LogP contribution in [0.3, 0.4) is 0 Å². The van der Waals surface area contributed by atoms with Crippen LogP contribution in [0.5, 0.6) is 0 Å². The van der Waals surface area contributed by atoms with Gasteiger partial charge in [-0.05, 0) is 0 Å². The number of ether oxygens (including phenoxy) is 2. The predicted molar refractivity (Wildman–Crippen MR) is 24.2 cm³/mol. The van der Waals surface area contributed by atoms with Gasteiger partial charge in [0.2, 0.25) is 0 Å². The van der Waals surface area contributed by atoms with Crippen LogP contribution in [0.4, 0.5) is 0 Å². The highest BCUT2D eigenvalue weighted by atomic mass is 16.7. The van der Waals surface area contributed by atoms with Crippen molar-refractivity contribution in [1.82, 2.24) is 5.32 Å².